The normalized spacial score (nSPS) is 12.8. The van der Waals surface area contributed by atoms with Crippen molar-refractivity contribution in [1.29, 1.82) is 0 Å². The number of hydrogen-bond acceptors (Lipinski definition) is 4. The molecule has 0 unspecified atom stereocenters. The molecule has 0 aromatic carbocycles. The van der Waals surface area contributed by atoms with Gasteiger partial charge in [-0.25, -0.2) is 4.37 Å². The van der Waals surface area contributed by atoms with Crippen LogP contribution >= 0.6 is 11.5 Å². The quantitative estimate of drug-likeness (QED) is 0.700. The molecule has 1 heterocycles. The Bertz CT molecular complexity index is 235. The minimum atomic E-state index is -0.883. The summed E-state index contributed by atoms with van der Waals surface area (Å²) in [7, 11) is 0. The molecule has 0 aliphatic heterocycles. The van der Waals surface area contributed by atoms with Gasteiger partial charge >= 0.3 is 5.97 Å². The van der Waals surface area contributed by atoms with E-state index in [1.807, 2.05) is 0 Å². The molecule has 0 aliphatic rings. The summed E-state index contributed by atoms with van der Waals surface area (Å²) >= 11 is 1.23. The standard InChI is InChI=1S/C6H8N2O2S/c7-4(3-6(9)10)5-1-2-8-11-5/h1-2,4H,3,7H2,(H,9,10)/t4-/m1/s1. The summed E-state index contributed by atoms with van der Waals surface area (Å²) in [6.07, 6.45) is 1.57. The summed E-state index contributed by atoms with van der Waals surface area (Å²) in [6, 6.07) is 1.32. The highest BCUT2D eigenvalue weighted by Crippen LogP contribution is 2.16. The Balaban J connectivity index is 2.56. The van der Waals surface area contributed by atoms with Crippen molar-refractivity contribution < 1.29 is 9.90 Å². The molecule has 1 aromatic rings. The van der Waals surface area contributed by atoms with E-state index in [9.17, 15) is 4.79 Å². The minimum absolute atomic E-state index is 0.0395. The number of rotatable bonds is 3. The summed E-state index contributed by atoms with van der Waals surface area (Å²) in [5.41, 5.74) is 5.53. The third-order valence-corrected chi connectivity index (χ3v) is 2.09. The zero-order valence-electron chi connectivity index (χ0n) is 5.73. The largest absolute Gasteiger partial charge is 0.481 e. The summed E-state index contributed by atoms with van der Waals surface area (Å²) in [6.45, 7) is 0. The van der Waals surface area contributed by atoms with Gasteiger partial charge in [-0.2, -0.15) is 0 Å². The highest BCUT2D eigenvalue weighted by atomic mass is 32.1. The van der Waals surface area contributed by atoms with Crippen LogP contribution in [-0.4, -0.2) is 15.4 Å². The molecule has 1 rings (SSSR count). The van der Waals surface area contributed by atoms with Crippen LogP contribution in [0, 0.1) is 0 Å². The lowest BCUT2D eigenvalue weighted by Crippen LogP contribution is -2.13. The number of carbonyl (C=O) groups is 1. The van der Waals surface area contributed by atoms with Gasteiger partial charge < -0.3 is 10.8 Å². The third kappa shape index (κ3) is 2.28. The average Bonchev–Trinajstić information content (AvgIpc) is 2.35. The molecule has 0 amide bonds. The number of nitrogens with two attached hydrogens (primary N) is 1. The molecule has 0 radical (unpaired) electrons. The molecular weight excluding hydrogens is 164 g/mol. The maximum Gasteiger partial charge on any atom is 0.305 e. The smallest absolute Gasteiger partial charge is 0.305 e. The lowest BCUT2D eigenvalue weighted by Gasteiger charge is -2.03. The maximum atomic E-state index is 10.2. The molecular formula is C6H8N2O2S. The Morgan fingerprint density at radius 1 is 1.91 bits per heavy atom. The Kier molecular flexibility index (Phi) is 2.56. The summed E-state index contributed by atoms with van der Waals surface area (Å²) in [4.78, 5) is 11.0. The van der Waals surface area contributed by atoms with Crippen molar-refractivity contribution in [3.63, 3.8) is 0 Å². The fraction of sp³-hybridized carbons (Fsp3) is 0.333. The van der Waals surface area contributed by atoms with Gasteiger partial charge in [0.1, 0.15) is 0 Å². The van der Waals surface area contributed by atoms with Crippen LogP contribution in [0.4, 0.5) is 0 Å². The van der Waals surface area contributed by atoms with Gasteiger partial charge in [-0.05, 0) is 17.6 Å². The number of carboxylic acid groups (broad SMARTS) is 1. The van der Waals surface area contributed by atoms with Gasteiger partial charge in [0.05, 0.1) is 12.5 Å². The predicted molar refractivity (Wildman–Crippen MR) is 41.3 cm³/mol. The molecule has 3 N–H and O–H groups in total. The number of aromatic nitrogens is 1. The lowest BCUT2D eigenvalue weighted by molar-refractivity contribution is -0.137. The number of aliphatic carboxylic acids is 1. The average molecular weight is 172 g/mol. The first-order chi connectivity index (χ1) is 5.20. The zero-order chi connectivity index (χ0) is 8.27. The molecule has 0 saturated heterocycles. The van der Waals surface area contributed by atoms with Gasteiger partial charge in [0.15, 0.2) is 0 Å². The monoisotopic (exact) mass is 172 g/mol. The zero-order valence-corrected chi connectivity index (χ0v) is 6.54. The molecule has 1 aromatic heterocycles. The van der Waals surface area contributed by atoms with Crippen molar-refractivity contribution in [1.82, 2.24) is 4.37 Å². The van der Waals surface area contributed by atoms with E-state index >= 15 is 0 Å². The topological polar surface area (TPSA) is 76.2 Å². The third-order valence-electron chi connectivity index (χ3n) is 1.22. The van der Waals surface area contributed by atoms with Crippen molar-refractivity contribution in [3.8, 4) is 0 Å². The van der Waals surface area contributed by atoms with Gasteiger partial charge in [0.25, 0.3) is 0 Å². The van der Waals surface area contributed by atoms with E-state index in [-0.39, 0.29) is 6.42 Å². The van der Waals surface area contributed by atoms with E-state index in [4.69, 9.17) is 10.8 Å². The predicted octanol–water partition coefficient (Wildman–Crippen LogP) is 0.618. The van der Waals surface area contributed by atoms with Gasteiger partial charge in [0.2, 0.25) is 0 Å². The Labute approximate surface area is 67.8 Å². The van der Waals surface area contributed by atoms with Crippen molar-refractivity contribution in [2.45, 2.75) is 12.5 Å². The molecule has 0 spiro atoms. The van der Waals surface area contributed by atoms with Crippen molar-refractivity contribution in [2.24, 2.45) is 5.73 Å². The van der Waals surface area contributed by atoms with Crippen molar-refractivity contribution >= 4 is 17.5 Å². The Hall–Kier alpha value is -0.940. The number of hydrogen-bond donors (Lipinski definition) is 2. The van der Waals surface area contributed by atoms with E-state index in [1.165, 1.54) is 11.5 Å². The first-order valence-corrected chi connectivity index (χ1v) is 3.85. The van der Waals surface area contributed by atoms with Gasteiger partial charge in [-0.15, -0.1) is 0 Å². The van der Waals surface area contributed by atoms with E-state index in [2.05, 4.69) is 4.37 Å². The summed E-state index contributed by atoms with van der Waals surface area (Å²) in [5, 5.41) is 8.39. The lowest BCUT2D eigenvalue weighted by atomic mass is 10.2. The van der Waals surface area contributed by atoms with E-state index in [0.29, 0.717) is 0 Å². The van der Waals surface area contributed by atoms with Crippen molar-refractivity contribution in [2.75, 3.05) is 0 Å². The Morgan fingerprint density at radius 2 is 2.64 bits per heavy atom. The van der Waals surface area contributed by atoms with Crippen molar-refractivity contribution in [3.05, 3.63) is 17.1 Å². The molecule has 60 valence electrons. The van der Waals surface area contributed by atoms with Crippen LogP contribution in [0.25, 0.3) is 0 Å². The first kappa shape index (κ1) is 8.16. The molecule has 0 bridgehead atoms. The maximum absolute atomic E-state index is 10.2. The van der Waals surface area contributed by atoms with Gasteiger partial charge in [0, 0.05) is 11.1 Å². The summed E-state index contributed by atoms with van der Waals surface area (Å²) < 4.78 is 3.82. The number of carboxylic acids is 1. The highest BCUT2D eigenvalue weighted by Gasteiger charge is 2.11. The van der Waals surface area contributed by atoms with E-state index < -0.39 is 12.0 Å². The van der Waals surface area contributed by atoms with E-state index in [0.717, 1.165) is 4.88 Å². The van der Waals surface area contributed by atoms with E-state index in [1.54, 1.807) is 12.3 Å². The van der Waals surface area contributed by atoms with Crippen LogP contribution in [0.1, 0.15) is 17.3 Å². The van der Waals surface area contributed by atoms with Crippen LogP contribution in [0.5, 0.6) is 0 Å². The van der Waals surface area contributed by atoms with Gasteiger partial charge in [-0.3, -0.25) is 4.79 Å². The Morgan fingerprint density at radius 3 is 3.09 bits per heavy atom. The second kappa shape index (κ2) is 3.45. The molecule has 4 nitrogen and oxygen atoms in total. The first-order valence-electron chi connectivity index (χ1n) is 3.08. The second-order valence-corrected chi connectivity index (χ2v) is 2.98. The SMILES string of the molecule is N[C@H](CC(=O)O)c1ccns1. The van der Waals surface area contributed by atoms with Crippen LogP contribution in [0.3, 0.4) is 0 Å². The molecule has 5 heteroatoms. The van der Waals surface area contributed by atoms with Gasteiger partial charge in [-0.1, -0.05) is 0 Å². The fourth-order valence-electron chi connectivity index (χ4n) is 0.706. The van der Waals surface area contributed by atoms with Crippen LogP contribution in [-0.2, 0) is 4.79 Å². The van der Waals surface area contributed by atoms with Crippen LogP contribution < -0.4 is 5.73 Å². The molecule has 0 aliphatic carbocycles. The molecule has 11 heavy (non-hydrogen) atoms. The highest BCUT2D eigenvalue weighted by molar-refractivity contribution is 7.05. The van der Waals surface area contributed by atoms with Crippen LogP contribution in [0.15, 0.2) is 12.3 Å². The number of nitrogens with zero attached hydrogens (tertiary/aromatic N) is 1. The fourth-order valence-corrected chi connectivity index (χ4v) is 1.29. The molecule has 0 fully saturated rings. The minimum Gasteiger partial charge on any atom is -0.481 e. The molecule has 0 saturated carbocycles. The second-order valence-electron chi connectivity index (χ2n) is 2.12. The summed E-state index contributed by atoms with van der Waals surface area (Å²) in [5.74, 6) is -0.883. The molecule has 1 atom stereocenters. The van der Waals surface area contributed by atoms with Crippen LogP contribution in [0.2, 0.25) is 0 Å².